The van der Waals surface area contributed by atoms with E-state index in [0.29, 0.717) is 11.5 Å². The first-order valence-corrected chi connectivity index (χ1v) is 8.28. The highest BCUT2D eigenvalue weighted by molar-refractivity contribution is 7.15. The predicted octanol–water partition coefficient (Wildman–Crippen LogP) is 6.19. The molecule has 0 N–H and O–H groups in total. The van der Waals surface area contributed by atoms with Crippen molar-refractivity contribution in [1.29, 1.82) is 0 Å². The topological polar surface area (TPSA) is 12.9 Å². The van der Waals surface area contributed by atoms with E-state index in [1.54, 1.807) is 24.3 Å². The SMILES string of the molecule is CC.CC.Cc1ccc(-c2cnc(C3CC3)s2)cc1F. The molecule has 1 aliphatic carbocycles. The van der Waals surface area contributed by atoms with Gasteiger partial charge in [0.1, 0.15) is 5.82 Å². The summed E-state index contributed by atoms with van der Waals surface area (Å²) in [6.45, 7) is 9.78. The summed E-state index contributed by atoms with van der Waals surface area (Å²) in [4.78, 5) is 5.47. The smallest absolute Gasteiger partial charge is 0.126 e. The number of halogens is 1. The minimum absolute atomic E-state index is 0.140. The van der Waals surface area contributed by atoms with Gasteiger partial charge >= 0.3 is 0 Å². The van der Waals surface area contributed by atoms with Crippen LogP contribution in [0.1, 0.15) is 57.0 Å². The van der Waals surface area contributed by atoms with Crippen molar-refractivity contribution < 1.29 is 4.39 Å². The number of benzene rings is 1. The third-order valence-corrected chi connectivity index (χ3v) is 4.12. The number of hydrogen-bond donors (Lipinski definition) is 0. The van der Waals surface area contributed by atoms with E-state index in [2.05, 4.69) is 4.98 Å². The van der Waals surface area contributed by atoms with Gasteiger partial charge in [-0.05, 0) is 37.0 Å². The van der Waals surface area contributed by atoms with Gasteiger partial charge in [0.25, 0.3) is 0 Å². The zero-order chi connectivity index (χ0) is 15.1. The summed E-state index contributed by atoms with van der Waals surface area (Å²) >= 11 is 1.69. The first kappa shape index (κ1) is 16.8. The van der Waals surface area contributed by atoms with Crippen molar-refractivity contribution in [3.63, 3.8) is 0 Å². The largest absolute Gasteiger partial charge is 0.249 e. The fourth-order valence-electron chi connectivity index (χ4n) is 1.69. The van der Waals surface area contributed by atoms with Gasteiger partial charge in [-0.15, -0.1) is 11.3 Å². The molecule has 0 aliphatic heterocycles. The average molecular weight is 293 g/mol. The molecule has 1 saturated carbocycles. The summed E-state index contributed by atoms with van der Waals surface area (Å²) in [5.74, 6) is 0.535. The third kappa shape index (κ3) is 4.14. The first-order chi connectivity index (χ1) is 9.74. The summed E-state index contributed by atoms with van der Waals surface area (Å²) < 4.78 is 13.4. The van der Waals surface area contributed by atoms with Crippen molar-refractivity contribution in [1.82, 2.24) is 4.98 Å². The molecule has 20 heavy (non-hydrogen) atoms. The molecule has 0 atom stereocenters. The predicted molar refractivity (Wildman–Crippen MR) is 86.9 cm³/mol. The van der Waals surface area contributed by atoms with Crippen LogP contribution in [-0.2, 0) is 0 Å². The Morgan fingerprint density at radius 3 is 2.35 bits per heavy atom. The Kier molecular flexibility index (Phi) is 6.86. The Morgan fingerprint density at radius 2 is 1.80 bits per heavy atom. The molecule has 1 aliphatic rings. The van der Waals surface area contributed by atoms with E-state index in [-0.39, 0.29) is 5.82 Å². The Hall–Kier alpha value is -1.22. The van der Waals surface area contributed by atoms with Crippen molar-refractivity contribution >= 4 is 11.3 Å². The van der Waals surface area contributed by atoms with Crippen LogP contribution in [0.2, 0.25) is 0 Å². The quantitative estimate of drug-likeness (QED) is 0.643. The standard InChI is InChI=1S/C13H12FNS.2C2H6/c1-8-2-3-10(6-11(8)14)12-7-15-13(16-12)9-4-5-9;2*1-2/h2-3,6-7,9H,4-5H2,1H3;2*1-2H3. The van der Waals surface area contributed by atoms with E-state index in [0.717, 1.165) is 10.4 Å². The first-order valence-electron chi connectivity index (χ1n) is 7.46. The van der Waals surface area contributed by atoms with Gasteiger partial charge in [0.05, 0.1) is 9.88 Å². The van der Waals surface area contributed by atoms with Gasteiger partial charge in [0.2, 0.25) is 0 Å². The van der Waals surface area contributed by atoms with E-state index < -0.39 is 0 Å². The summed E-state index contributed by atoms with van der Waals surface area (Å²) in [5, 5.41) is 1.20. The van der Waals surface area contributed by atoms with Crippen LogP contribution >= 0.6 is 11.3 Å². The molecule has 1 fully saturated rings. The van der Waals surface area contributed by atoms with Gasteiger partial charge in [-0.3, -0.25) is 0 Å². The number of aryl methyl sites for hydroxylation is 1. The molecule has 1 nitrogen and oxygen atoms in total. The molecule has 1 heterocycles. The van der Waals surface area contributed by atoms with Gasteiger partial charge in [-0.25, -0.2) is 9.37 Å². The lowest BCUT2D eigenvalue weighted by Crippen LogP contribution is -1.82. The van der Waals surface area contributed by atoms with Crippen LogP contribution in [0.5, 0.6) is 0 Å². The third-order valence-electron chi connectivity index (χ3n) is 2.91. The van der Waals surface area contributed by atoms with Gasteiger partial charge < -0.3 is 0 Å². The molecule has 1 aromatic carbocycles. The highest BCUT2D eigenvalue weighted by atomic mass is 32.1. The zero-order valence-electron chi connectivity index (χ0n) is 13.0. The summed E-state index contributed by atoms with van der Waals surface area (Å²) in [6.07, 6.45) is 4.38. The Bertz CT molecular complexity index is 530. The van der Waals surface area contributed by atoms with Crippen LogP contribution in [0.15, 0.2) is 24.4 Å². The highest BCUT2D eigenvalue weighted by Gasteiger charge is 2.26. The molecule has 0 spiro atoms. The van der Waals surface area contributed by atoms with Crippen LogP contribution < -0.4 is 0 Å². The number of thiazole rings is 1. The number of aromatic nitrogens is 1. The van der Waals surface area contributed by atoms with E-state index in [9.17, 15) is 4.39 Å². The maximum atomic E-state index is 13.4. The minimum Gasteiger partial charge on any atom is -0.249 e. The maximum Gasteiger partial charge on any atom is 0.126 e. The Balaban J connectivity index is 0.000000461. The number of rotatable bonds is 2. The van der Waals surface area contributed by atoms with Gasteiger partial charge in [-0.1, -0.05) is 39.8 Å². The summed E-state index contributed by atoms with van der Waals surface area (Å²) in [7, 11) is 0. The van der Waals surface area contributed by atoms with Gasteiger partial charge in [-0.2, -0.15) is 0 Å². The van der Waals surface area contributed by atoms with Gasteiger partial charge in [0, 0.05) is 12.1 Å². The van der Waals surface area contributed by atoms with Crippen LogP contribution in [0.3, 0.4) is 0 Å². The van der Waals surface area contributed by atoms with Gasteiger partial charge in [0.15, 0.2) is 0 Å². The lowest BCUT2D eigenvalue weighted by atomic mass is 10.1. The molecular formula is C17H24FNS. The van der Waals surface area contributed by atoms with E-state index in [4.69, 9.17) is 0 Å². The van der Waals surface area contributed by atoms with Crippen molar-refractivity contribution in [3.05, 3.63) is 40.8 Å². The van der Waals surface area contributed by atoms with Crippen molar-refractivity contribution in [2.45, 2.75) is 53.4 Å². The molecule has 3 rings (SSSR count). The fraction of sp³-hybridized carbons (Fsp3) is 0.471. The monoisotopic (exact) mass is 293 g/mol. The van der Waals surface area contributed by atoms with E-state index >= 15 is 0 Å². The maximum absolute atomic E-state index is 13.4. The van der Waals surface area contributed by atoms with Crippen molar-refractivity contribution in [3.8, 4) is 10.4 Å². The summed E-state index contributed by atoms with van der Waals surface area (Å²) in [6, 6.07) is 5.38. The molecule has 110 valence electrons. The van der Waals surface area contributed by atoms with Crippen LogP contribution in [-0.4, -0.2) is 4.98 Å². The molecule has 0 saturated heterocycles. The number of nitrogens with zero attached hydrogens (tertiary/aromatic N) is 1. The average Bonchev–Trinajstić information content (AvgIpc) is 3.24. The van der Waals surface area contributed by atoms with E-state index in [1.807, 2.05) is 46.0 Å². The Morgan fingerprint density at radius 1 is 1.15 bits per heavy atom. The molecule has 0 amide bonds. The molecular weight excluding hydrogens is 269 g/mol. The second kappa shape index (κ2) is 8.15. The van der Waals surface area contributed by atoms with Crippen molar-refractivity contribution in [2.75, 3.05) is 0 Å². The lowest BCUT2D eigenvalue weighted by Gasteiger charge is -1.99. The molecule has 0 radical (unpaired) electrons. The second-order valence-corrected chi connectivity index (χ2v) is 5.36. The van der Waals surface area contributed by atoms with Crippen LogP contribution in [0.4, 0.5) is 4.39 Å². The zero-order valence-corrected chi connectivity index (χ0v) is 13.9. The van der Waals surface area contributed by atoms with E-state index in [1.165, 1.54) is 17.8 Å². The molecule has 1 aromatic heterocycles. The molecule has 3 heteroatoms. The minimum atomic E-state index is -0.140. The molecule has 2 aromatic rings. The van der Waals surface area contributed by atoms with Crippen LogP contribution in [0, 0.1) is 12.7 Å². The van der Waals surface area contributed by atoms with Crippen LogP contribution in [0.25, 0.3) is 10.4 Å². The van der Waals surface area contributed by atoms with Crippen molar-refractivity contribution in [2.24, 2.45) is 0 Å². The second-order valence-electron chi connectivity index (χ2n) is 4.30. The highest BCUT2D eigenvalue weighted by Crippen LogP contribution is 2.43. The summed E-state index contributed by atoms with van der Waals surface area (Å²) in [5.41, 5.74) is 1.63. The number of hydrogen-bond acceptors (Lipinski definition) is 2. The Labute approximate surface area is 125 Å². The molecule has 0 bridgehead atoms. The normalized spacial score (nSPS) is 12.9. The fourth-order valence-corrected chi connectivity index (χ4v) is 2.77. The molecule has 0 unspecified atom stereocenters. The lowest BCUT2D eigenvalue weighted by molar-refractivity contribution is 0.619.